The second-order valence-electron chi connectivity index (χ2n) is 23.3. The highest BCUT2D eigenvalue weighted by atomic mass is 15.2. The van der Waals surface area contributed by atoms with Gasteiger partial charge in [-0.3, -0.25) is 0 Å². The molecule has 3 nitrogen and oxygen atoms in total. The van der Waals surface area contributed by atoms with Crippen LogP contribution in [0.2, 0.25) is 0 Å². The molecule has 0 unspecified atom stereocenters. The molecule has 12 aromatic carbocycles. The SMILES string of the molecule is CC1(C)c2ccccc2-c2ccc(N(c3ccc(-c4ccc5c(c4)C(C)(C)c4cc6c(cc4-5)c(-c4ccccc4)c(-c4ccccc4)n6-c4ccc(-c5ccccc5)cc4)cc3)c3ccc(N(c4ccccc4)c4ccccc4)cc3)cc21. The highest BCUT2D eigenvalue weighted by Gasteiger charge is 2.38. The summed E-state index contributed by atoms with van der Waals surface area (Å²) in [5.41, 5.74) is 28.8. The van der Waals surface area contributed by atoms with Crippen molar-refractivity contribution >= 4 is 45.0 Å². The van der Waals surface area contributed by atoms with Crippen LogP contribution in [-0.2, 0) is 10.8 Å². The minimum Gasteiger partial charge on any atom is -0.311 e. The lowest BCUT2D eigenvalue weighted by Crippen LogP contribution is -2.16. The molecule has 0 bridgehead atoms. The topological polar surface area (TPSA) is 11.4 Å². The molecule has 0 radical (unpaired) electrons. The standard InChI is InChI=1S/C80H61N3/c1-79(2)72-33-21-20-32-67(72)68-49-47-66(51-74(68)79)82(64-45-43-63(44-46-64)81(60-28-16-8-17-29-60)61-30-18-9-19-31-61)62-39-36-56(37-40-62)59-38-48-69-70-52-71-76(53-75(70)80(3,4)73(69)50-59)83(65-41-34-55(35-42-65)54-22-10-5-11-23-54)78(58-26-14-7-15-27-58)77(71)57-24-12-6-13-25-57/h5-53H,1-4H3. The van der Waals surface area contributed by atoms with E-state index in [0.717, 1.165) is 39.8 Å². The van der Waals surface area contributed by atoms with E-state index in [2.05, 4.69) is 339 Å². The first-order valence-corrected chi connectivity index (χ1v) is 29.0. The van der Waals surface area contributed by atoms with Gasteiger partial charge in [-0.2, -0.15) is 0 Å². The number of aromatic nitrogens is 1. The van der Waals surface area contributed by atoms with Crippen LogP contribution < -0.4 is 9.80 Å². The number of para-hydroxylation sites is 2. The number of anilines is 6. The smallest absolute Gasteiger partial charge is 0.0619 e. The Morgan fingerprint density at radius 3 is 1.27 bits per heavy atom. The van der Waals surface area contributed by atoms with Crippen LogP contribution in [0.1, 0.15) is 49.9 Å². The predicted octanol–water partition coefficient (Wildman–Crippen LogP) is 21.9. The molecule has 396 valence electrons. The van der Waals surface area contributed by atoms with Crippen LogP contribution in [0.4, 0.5) is 34.1 Å². The zero-order valence-electron chi connectivity index (χ0n) is 47.1. The van der Waals surface area contributed by atoms with E-state index in [1.54, 1.807) is 0 Å². The first-order valence-electron chi connectivity index (χ1n) is 29.0. The van der Waals surface area contributed by atoms with E-state index in [-0.39, 0.29) is 10.8 Å². The van der Waals surface area contributed by atoms with Crippen molar-refractivity contribution in [2.45, 2.75) is 38.5 Å². The first-order chi connectivity index (χ1) is 40.7. The van der Waals surface area contributed by atoms with Crippen LogP contribution in [0.15, 0.2) is 297 Å². The Labute approximate surface area is 487 Å². The second-order valence-corrected chi connectivity index (χ2v) is 23.3. The molecule has 13 aromatic rings. The van der Waals surface area contributed by atoms with Gasteiger partial charge in [-0.25, -0.2) is 0 Å². The van der Waals surface area contributed by atoms with Gasteiger partial charge in [0.25, 0.3) is 0 Å². The minimum atomic E-state index is -0.276. The molecule has 0 amide bonds. The largest absolute Gasteiger partial charge is 0.311 e. The van der Waals surface area contributed by atoms with Gasteiger partial charge in [-0.15, -0.1) is 0 Å². The van der Waals surface area contributed by atoms with Gasteiger partial charge >= 0.3 is 0 Å². The van der Waals surface area contributed by atoms with E-state index in [1.165, 1.54) is 100 Å². The molecular formula is C80H61N3. The Morgan fingerprint density at radius 2 is 0.651 bits per heavy atom. The lowest BCUT2D eigenvalue weighted by atomic mass is 9.81. The van der Waals surface area contributed by atoms with Crippen molar-refractivity contribution in [3.8, 4) is 72.6 Å². The Bertz CT molecular complexity index is 4500. The highest BCUT2D eigenvalue weighted by molar-refractivity contribution is 6.09. The van der Waals surface area contributed by atoms with Crippen LogP contribution in [0, 0.1) is 0 Å². The van der Waals surface area contributed by atoms with Crippen molar-refractivity contribution in [1.29, 1.82) is 0 Å². The number of fused-ring (bicyclic) bond motifs is 7. The summed E-state index contributed by atoms with van der Waals surface area (Å²) in [6.45, 7) is 9.55. The summed E-state index contributed by atoms with van der Waals surface area (Å²) in [6, 6.07) is 109. The van der Waals surface area contributed by atoms with Crippen molar-refractivity contribution in [2.24, 2.45) is 0 Å². The molecule has 0 fully saturated rings. The molecule has 1 aromatic heterocycles. The molecule has 1 heterocycles. The average molecular weight is 1060 g/mol. The zero-order chi connectivity index (χ0) is 55.8. The molecule has 0 saturated heterocycles. The Balaban J connectivity index is 0.828. The zero-order valence-corrected chi connectivity index (χ0v) is 47.1. The summed E-state index contributed by atoms with van der Waals surface area (Å²) in [5, 5.41) is 1.24. The Hall–Kier alpha value is -10.2. The third kappa shape index (κ3) is 8.33. The predicted molar refractivity (Wildman–Crippen MR) is 350 cm³/mol. The van der Waals surface area contributed by atoms with Crippen LogP contribution in [-0.4, -0.2) is 4.57 Å². The molecule has 0 spiro atoms. The van der Waals surface area contributed by atoms with E-state index in [1.807, 2.05) is 0 Å². The second kappa shape index (κ2) is 19.8. The van der Waals surface area contributed by atoms with E-state index >= 15 is 0 Å². The van der Waals surface area contributed by atoms with E-state index < -0.39 is 0 Å². The van der Waals surface area contributed by atoms with Crippen molar-refractivity contribution in [1.82, 2.24) is 4.57 Å². The molecule has 0 N–H and O–H groups in total. The fourth-order valence-electron chi connectivity index (χ4n) is 13.6. The molecule has 83 heavy (non-hydrogen) atoms. The van der Waals surface area contributed by atoms with Crippen LogP contribution in [0.3, 0.4) is 0 Å². The van der Waals surface area contributed by atoms with Crippen molar-refractivity contribution in [3.05, 3.63) is 320 Å². The van der Waals surface area contributed by atoms with Gasteiger partial charge in [0, 0.05) is 61.6 Å². The summed E-state index contributed by atoms with van der Waals surface area (Å²) < 4.78 is 2.51. The fraction of sp³-hybridized carbons (Fsp3) is 0.0750. The maximum Gasteiger partial charge on any atom is 0.0619 e. The summed E-state index contributed by atoms with van der Waals surface area (Å²) in [7, 11) is 0. The highest BCUT2D eigenvalue weighted by Crippen LogP contribution is 2.55. The maximum absolute atomic E-state index is 2.51. The molecule has 3 heteroatoms. The number of rotatable bonds is 11. The first kappa shape index (κ1) is 49.8. The minimum absolute atomic E-state index is 0.144. The van der Waals surface area contributed by atoms with Gasteiger partial charge in [-0.05, 0) is 181 Å². The number of hydrogen-bond acceptors (Lipinski definition) is 2. The van der Waals surface area contributed by atoms with Gasteiger partial charge in [0.2, 0.25) is 0 Å². The Kier molecular flexibility index (Phi) is 11.9. The summed E-state index contributed by atoms with van der Waals surface area (Å²) in [5.74, 6) is 0. The molecule has 2 aliphatic rings. The van der Waals surface area contributed by atoms with E-state index in [9.17, 15) is 0 Å². The van der Waals surface area contributed by atoms with Crippen molar-refractivity contribution in [3.63, 3.8) is 0 Å². The molecule has 0 saturated carbocycles. The molecular weight excluding hydrogens is 1000 g/mol. The maximum atomic E-state index is 2.51. The molecule has 0 atom stereocenters. The van der Waals surface area contributed by atoms with Crippen molar-refractivity contribution < 1.29 is 0 Å². The third-order valence-corrected chi connectivity index (χ3v) is 17.8. The quantitative estimate of drug-likeness (QED) is 0.128. The third-order valence-electron chi connectivity index (χ3n) is 17.8. The van der Waals surface area contributed by atoms with Gasteiger partial charge in [-0.1, -0.05) is 222 Å². The number of nitrogens with zero attached hydrogens (tertiary/aromatic N) is 3. The average Bonchev–Trinajstić information content (AvgIpc) is 3.16. The van der Waals surface area contributed by atoms with Crippen LogP contribution >= 0.6 is 0 Å². The monoisotopic (exact) mass is 1060 g/mol. The lowest BCUT2D eigenvalue weighted by molar-refractivity contribution is 0.660. The number of benzene rings is 12. The lowest BCUT2D eigenvalue weighted by Gasteiger charge is -2.29. The fourth-order valence-corrected chi connectivity index (χ4v) is 13.6. The van der Waals surface area contributed by atoms with Crippen molar-refractivity contribution in [2.75, 3.05) is 9.80 Å². The number of hydrogen-bond donors (Lipinski definition) is 0. The van der Waals surface area contributed by atoms with Gasteiger partial charge in [0.05, 0.1) is 11.2 Å². The van der Waals surface area contributed by atoms with E-state index in [4.69, 9.17) is 0 Å². The van der Waals surface area contributed by atoms with Gasteiger partial charge in [0.1, 0.15) is 0 Å². The molecule has 0 aliphatic heterocycles. The van der Waals surface area contributed by atoms with Gasteiger partial charge < -0.3 is 14.4 Å². The van der Waals surface area contributed by atoms with Gasteiger partial charge in [0.15, 0.2) is 0 Å². The summed E-state index contributed by atoms with van der Waals surface area (Å²) in [6.07, 6.45) is 0. The van der Waals surface area contributed by atoms with Crippen LogP contribution in [0.5, 0.6) is 0 Å². The summed E-state index contributed by atoms with van der Waals surface area (Å²) >= 11 is 0. The molecule has 2 aliphatic carbocycles. The Morgan fingerprint density at radius 1 is 0.265 bits per heavy atom. The summed E-state index contributed by atoms with van der Waals surface area (Å²) in [4.78, 5) is 4.75. The van der Waals surface area contributed by atoms with Crippen LogP contribution in [0.25, 0.3) is 83.5 Å². The normalized spacial score (nSPS) is 13.3. The van der Waals surface area contributed by atoms with E-state index in [0.29, 0.717) is 0 Å². The molecule has 15 rings (SSSR count).